The zero-order chi connectivity index (χ0) is 15.3. The zero-order valence-electron chi connectivity index (χ0n) is 12.7. The van der Waals surface area contributed by atoms with Gasteiger partial charge in [0.25, 0.3) is 0 Å². The Hall–Kier alpha value is -2.19. The normalized spacial score (nSPS) is 10.8. The number of terminal acetylenes is 1. The van der Waals surface area contributed by atoms with Crippen LogP contribution in [0.4, 0.5) is 0 Å². The molecule has 0 saturated carbocycles. The van der Waals surface area contributed by atoms with Crippen molar-refractivity contribution in [1.29, 1.82) is 0 Å². The highest BCUT2D eigenvalue weighted by atomic mass is 16.5. The Morgan fingerprint density at radius 3 is 2.62 bits per heavy atom. The first-order valence-electron chi connectivity index (χ1n) is 6.96. The van der Waals surface area contributed by atoms with Gasteiger partial charge >= 0.3 is 0 Å². The second-order valence-corrected chi connectivity index (χ2v) is 4.24. The lowest BCUT2D eigenvalue weighted by molar-refractivity contribution is 0.146. The Bertz CT molecular complexity index is 463. The number of nitrogens with one attached hydrogen (secondary N) is 2. The lowest BCUT2D eigenvalue weighted by Crippen LogP contribution is -2.37. The molecule has 0 aliphatic carbocycles. The number of rotatable bonds is 8. The van der Waals surface area contributed by atoms with Crippen LogP contribution in [0, 0.1) is 12.3 Å². The van der Waals surface area contributed by atoms with Crippen LogP contribution in [0.15, 0.2) is 29.3 Å². The van der Waals surface area contributed by atoms with Gasteiger partial charge in [-0.25, -0.2) is 4.99 Å². The van der Waals surface area contributed by atoms with E-state index in [1.165, 1.54) is 0 Å². The zero-order valence-corrected chi connectivity index (χ0v) is 12.7. The van der Waals surface area contributed by atoms with Gasteiger partial charge in [-0.1, -0.05) is 18.1 Å². The highest BCUT2D eigenvalue weighted by Gasteiger charge is 1.98. The van der Waals surface area contributed by atoms with Crippen molar-refractivity contribution < 1.29 is 9.47 Å². The summed E-state index contributed by atoms with van der Waals surface area (Å²) in [4.78, 5) is 4.46. The summed E-state index contributed by atoms with van der Waals surface area (Å²) in [5, 5.41) is 6.19. The fourth-order valence-electron chi connectivity index (χ4n) is 1.58. The summed E-state index contributed by atoms with van der Waals surface area (Å²) in [6.07, 6.45) is 5.23. The molecule has 2 N–H and O–H groups in total. The van der Waals surface area contributed by atoms with E-state index >= 15 is 0 Å². The maximum atomic E-state index is 5.51. The third-order valence-corrected chi connectivity index (χ3v) is 2.60. The van der Waals surface area contributed by atoms with Crippen molar-refractivity contribution in [2.75, 3.05) is 33.4 Å². The summed E-state index contributed by atoms with van der Waals surface area (Å²) >= 11 is 0. The summed E-state index contributed by atoms with van der Waals surface area (Å²) in [5.41, 5.74) is 1.10. The average molecular weight is 289 g/mol. The van der Waals surface area contributed by atoms with Crippen molar-refractivity contribution >= 4 is 5.96 Å². The number of hydrogen-bond acceptors (Lipinski definition) is 3. The van der Waals surface area contributed by atoms with Crippen LogP contribution in [-0.4, -0.2) is 39.4 Å². The number of hydrogen-bond donors (Lipinski definition) is 2. The molecule has 0 aliphatic rings. The van der Waals surface area contributed by atoms with Gasteiger partial charge in [-0.15, -0.1) is 6.42 Å². The molecule has 1 aromatic rings. The van der Waals surface area contributed by atoms with Crippen molar-refractivity contribution in [3.8, 4) is 18.1 Å². The number of nitrogens with zero attached hydrogens (tertiary/aromatic N) is 1. The predicted molar refractivity (Wildman–Crippen MR) is 85.5 cm³/mol. The summed E-state index contributed by atoms with van der Waals surface area (Å²) < 4.78 is 10.4. The molecule has 0 amide bonds. The minimum atomic E-state index is 0.456. The van der Waals surface area contributed by atoms with Gasteiger partial charge in [0.05, 0.1) is 19.7 Å². The standard InChI is InChI=1S/C16H23N3O2/c1-4-10-18-16(17-5-2)19-13-14-6-8-15(9-7-14)21-12-11-20-3/h1,6-9H,5,10-13H2,2-3H3,(H2,17,18,19). The van der Waals surface area contributed by atoms with Crippen LogP contribution in [0.3, 0.4) is 0 Å². The largest absolute Gasteiger partial charge is 0.491 e. The maximum Gasteiger partial charge on any atom is 0.192 e. The number of guanidine groups is 1. The van der Waals surface area contributed by atoms with Crippen LogP contribution in [0.25, 0.3) is 0 Å². The molecular weight excluding hydrogens is 266 g/mol. The van der Waals surface area contributed by atoms with Crippen molar-refractivity contribution in [2.24, 2.45) is 4.99 Å². The van der Waals surface area contributed by atoms with E-state index in [1.807, 2.05) is 31.2 Å². The maximum absolute atomic E-state index is 5.51. The van der Waals surface area contributed by atoms with E-state index in [1.54, 1.807) is 7.11 Å². The van der Waals surface area contributed by atoms with Gasteiger partial charge in [0.1, 0.15) is 12.4 Å². The molecule has 0 aliphatic heterocycles. The Kier molecular flexibility index (Phi) is 8.50. The summed E-state index contributed by atoms with van der Waals surface area (Å²) in [5.74, 6) is 4.08. The molecule has 0 saturated heterocycles. The van der Waals surface area contributed by atoms with Crippen molar-refractivity contribution in [2.45, 2.75) is 13.5 Å². The number of ether oxygens (including phenoxy) is 2. The van der Waals surface area contributed by atoms with Crippen molar-refractivity contribution in [3.05, 3.63) is 29.8 Å². The second kappa shape index (κ2) is 10.6. The molecule has 0 fully saturated rings. The molecule has 1 rings (SSSR count). The molecular formula is C16H23N3O2. The van der Waals surface area contributed by atoms with Crippen LogP contribution in [0.5, 0.6) is 5.75 Å². The van der Waals surface area contributed by atoms with E-state index in [4.69, 9.17) is 15.9 Å². The van der Waals surface area contributed by atoms with E-state index in [2.05, 4.69) is 21.5 Å². The molecule has 0 atom stereocenters. The van der Waals surface area contributed by atoms with Gasteiger partial charge in [0.2, 0.25) is 0 Å². The second-order valence-electron chi connectivity index (χ2n) is 4.24. The third kappa shape index (κ3) is 7.23. The van der Waals surface area contributed by atoms with Gasteiger partial charge in [-0.2, -0.15) is 0 Å². The minimum Gasteiger partial charge on any atom is -0.491 e. The Morgan fingerprint density at radius 1 is 1.24 bits per heavy atom. The first kappa shape index (κ1) is 16.9. The lowest BCUT2D eigenvalue weighted by Gasteiger charge is -2.09. The molecule has 21 heavy (non-hydrogen) atoms. The monoisotopic (exact) mass is 289 g/mol. The van der Waals surface area contributed by atoms with Gasteiger partial charge in [0, 0.05) is 13.7 Å². The number of methoxy groups -OCH3 is 1. The molecule has 0 aromatic heterocycles. The van der Waals surface area contributed by atoms with E-state index in [9.17, 15) is 0 Å². The molecule has 1 aromatic carbocycles. The summed E-state index contributed by atoms with van der Waals surface area (Å²) in [6, 6.07) is 7.86. The van der Waals surface area contributed by atoms with Crippen LogP contribution >= 0.6 is 0 Å². The quantitative estimate of drug-likeness (QED) is 0.329. The van der Waals surface area contributed by atoms with Crippen molar-refractivity contribution in [1.82, 2.24) is 10.6 Å². The van der Waals surface area contributed by atoms with Gasteiger partial charge in [-0.3, -0.25) is 0 Å². The van der Waals surface area contributed by atoms with Gasteiger partial charge in [0.15, 0.2) is 5.96 Å². The topological polar surface area (TPSA) is 54.9 Å². The lowest BCUT2D eigenvalue weighted by atomic mass is 10.2. The molecule has 0 heterocycles. The number of aliphatic imine (C=N–C) groups is 1. The molecule has 114 valence electrons. The van der Waals surface area contributed by atoms with Crippen molar-refractivity contribution in [3.63, 3.8) is 0 Å². The van der Waals surface area contributed by atoms with Crippen LogP contribution < -0.4 is 15.4 Å². The Labute approximate surface area is 126 Å². The van der Waals surface area contributed by atoms with E-state index in [0.29, 0.717) is 26.3 Å². The molecule has 0 radical (unpaired) electrons. The molecule has 5 nitrogen and oxygen atoms in total. The highest BCUT2D eigenvalue weighted by molar-refractivity contribution is 5.79. The first-order chi connectivity index (χ1) is 10.3. The van der Waals surface area contributed by atoms with Gasteiger partial charge < -0.3 is 20.1 Å². The molecule has 5 heteroatoms. The fourth-order valence-corrected chi connectivity index (χ4v) is 1.58. The summed E-state index contributed by atoms with van der Waals surface area (Å²) in [7, 11) is 1.65. The Morgan fingerprint density at radius 2 is 2.00 bits per heavy atom. The Balaban J connectivity index is 2.51. The number of benzene rings is 1. The highest BCUT2D eigenvalue weighted by Crippen LogP contribution is 2.12. The van der Waals surface area contributed by atoms with E-state index in [0.717, 1.165) is 23.8 Å². The minimum absolute atomic E-state index is 0.456. The molecule has 0 bridgehead atoms. The van der Waals surface area contributed by atoms with E-state index < -0.39 is 0 Å². The first-order valence-corrected chi connectivity index (χ1v) is 6.96. The van der Waals surface area contributed by atoms with Crippen LogP contribution in [-0.2, 0) is 11.3 Å². The SMILES string of the molecule is C#CCNC(=NCc1ccc(OCCOC)cc1)NCC. The van der Waals surface area contributed by atoms with Crippen LogP contribution in [0.1, 0.15) is 12.5 Å². The smallest absolute Gasteiger partial charge is 0.192 e. The third-order valence-electron chi connectivity index (χ3n) is 2.60. The van der Waals surface area contributed by atoms with E-state index in [-0.39, 0.29) is 0 Å². The molecule has 0 spiro atoms. The fraction of sp³-hybridized carbons (Fsp3) is 0.438. The summed E-state index contributed by atoms with van der Waals surface area (Å²) in [6.45, 7) is 4.98. The van der Waals surface area contributed by atoms with Gasteiger partial charge in [-0.05, 0) is 24.6 Å². The molecule has 0 unspecified atom stereocenters. The predicted octanol–water partition coefficient (Wildman–Crippen LogP) is 1.40. The van der Waals surface area contributed by atoms with Crippen LogP contribution in [0.2, 0.25) is 0 Å². The average Bonchev–Trinajstić information content (AvgIpc) is 2.51.